The first kappa shape index (κ1) is 44.1. The van der Waals surface area contributed by atoms with Crippen molar-refractivity contribution in [3.05, 3.63) is 24.3 Å². The highest BCUT2D eigenvalue weighted by molar-refractivity contribution is 5.72. The Kier molecular flexibility index (Phi) is 12.6. The summed E-state index contributed by atoms with van der Waals surface area (Å²) in [6.45, 7) is 12.8. The van der Waals surface area contributed by atoms with Gasteiger partial charge in [-0.3, -0.25) is 9.59 Å². The predicted octanol–water partition coefficient (Wildman–Crippen LogP) is 6.17. The summed E-state index contributed by atoms with van der Waals surface area (Å²) < 4.78 is 68.4. The van der Waals surface area contributed by atoms with Crippen molar-refractivity contribution in [1.82, 2.24) is 0 Å². The summed E-state index contributed by atoms with van der Waals surface area (Å²) in [6, 6.07) is 0. The third-order valence-electron chi connectivity index (χ3n) is 16.5. The van der Waals surface area contributed by atoms with Gasteiger partial charge in [0.1, 0.15) is 24.6 Å². The Morgan fingerprint density at radius 2 is 1.34 bits per heavy atom. The van der Waals surface area contributed by atoms with Gasteiger partial charge in [0, 0.05) is 32.1 Å². The second kappa shape index (κ2) is 17.8. The summed E-state index contributed by atoms with van der Waals surface area (Å²) in [6.07, 6.45) is 14.3. The quantitative estimate of drug-likeness (QED) is 0.149. The minimum Gasteiger partial charge on any atom is -0.459 e. The van der Waals surface area contributed by atoms with Crippen molar-refractivity contribution in [2.45, 2.75) is 258 Å². The molecule has 0 amide bonds. The number of hydrogen-bond acceptors (Lipinski definition) is 13. The van der Waals surface area contributed by atoms with Crippen molar-refractivity contribution < 1.29 is 62.1 Å². The van der Waals surface area contributed by atoms with Crippen LogP contribution in [0.2, 0.25) is 0 Å². The fraction of sp³-hybridized carbons (Fsp3) is 0.878. The van der Waals surface area contributed by atoms with Crippen LogP contribution in [0.3, 0.4) is 0 Å². The molecular formula is C49H72O13. The van der Waals surface area contributed by atoms with Crippen LogP contribution in [0, 0.1) is 11.8 Å². The van der Waals surface area contributed by atoms with Crippen molar-refractivity contribution in [3.63, 3.8) is 0 Å². The molecule has 0 aliphatic carbocycles. The number of carbonyl (C=O) groups is 2. The fourth-order valence-electron chi connectivity index (χ4n) is 13.5. The Morgan fingerprint density at radius 1 is 0.661 bits per heavy atom. The van der Waals surface area contributed by atoms with E-state index < -0.39 is 23.4 Å². The van der Waals surface area contributed by atoms with Crippen LogP contribution in [-0.4, -0.2) is 138 Å². The number of hydrogen-bond donors (Lipinski definition) is 1. The van der Waals surface area contributed by atoms with Crippen LogP contribution >= 0.6 is 0 Å². The van der Waals surface area contributed by atoms with Crippen molar-refractivity contribution >= 4 is 12.3 Å². The summed E-state index contributed by atoms with van der Waals surface area (Å²) in [5.74, 6) is 0.372. The highest BCUT2D eigenvalue weighted by Crippen LogP contribution is 2.49. The van der Waals surface area contributed by atoms with E-state index in [0.29, 0.717) is 43.6 Å². The van der Waals surface area contributed by atoms with E-state index >= 15 is 0 Å². The maximum Gasteiger partial charge on any atom is 0.308 e. The van der Waals surface area contributed by atoms with Crippen molar-refractivity contribution in [2.75, 3.05) is 0 Å². The largest absolute Gasteiger partial charge is 0.459 e. The molecule has 0 spiro atoms. The normalized spacial score (nSPS) is 53.5. The lowest BCUT2D eigenvalue weighted by Crippen LogP contribution is -2.65. The van der Waals surface area contributed by atoms with Crippen LogP contribution in [0.4, 0.5) is 0 Å². The Bertz CT molecular complexity index is 1670. The molecular weight excluding hydrogens is 797 g/mol. The minimum absolute atomic E-state index is 0.0721. The molecule has 10 aliphatic rings. The highest BCUT2D eigenvalue weighted by atomic mass is 16.6. The van der Waals surface area contributed by atoms with Crippen LogP contribution in [0.25, 0.3) is 0 Å². The van der Waals surface area contributed by atoms with Gasteiger partial charge in [0.25, 0.3) is 0 Å². The van der Waals surface area contributed by atoms with Gasteiger partial charge in [-0.1, -0.05) is 32.6 Å². The van der Waals surface area contributed by atoms with E-state index in [9.17, 15) is 14.7 Å². The second-order valence-corrected chi connectivity index (χ2v) is 21.5. The van der Waals surface area contributed by atoms with Gasteiger partial charge < -0.3 is 52.5 Å². The first-order valence-electron chi connectivity index (χ1n) is 24.4. The molecule has 9 saturated heterocycles. The molecule has 10 rings (SSSR count). The number of aliphatic hydroxyl groups is 1. The molecule has 0 aromatic rings. The average molecular weight is 869 g/mol. The van der Waals surface area contributed by atoms with E-state index in [2.05, 4.69) is 46.4 Å². The standard InChI is InChI=1S/C49H72O13/c1-26-17-36-39(22-45(52)58-36)57-44-21-38-40(62-48(44,4)23-26)18-28(3)46-35(55-38)11-7-6-10-31-32(59-46)12-8-14-34-33(54-31)13-9-15-43-49(5,61-34)24-42-37(56-43)20-41-47(60-42)30(51)19-29(53-41)16-27(2)25-50/h6-7,25-26,28-44,46-47,51H,2,8-24H2,1,3-5H3/b7-6-/t26-,28+,29-,30+,31-,32+,33+,34-,35+,36+,37+,38-,39-,40+,41-,42-,43-,44+,46-,47+,48-,49+/m1/s1. The number of aldehydes is 1. The topological polar surface area (TPSA) is 147 Å². The molecule has 0 radical (unpaired) electrons. The number of ether oxygens (including phenoxy) is 10. The van der Waals surface area contributed by atoms with E-state index in [1.165, 1.54) is 0 Å². The Balaban J connectivity index is 0.802. The average Bonchev–Trinajstić information content (AvgIpc) is 3.52. The predicted molar refractivity (Wildman–Crippen MR) is 224 cm³/mol. The zero-order valence-electron chi connectivity index (χ0n) is 37.4. The third-order valence-corrected chi connectivity index (χ3v) is 16.5. The van der Waals surface area contributed by atoms with Gasteiger partial charge >= 0.3 is 5.97 Å². The van der Waals surface area contributed by atoms with Gasteiger partial charge in [-0.05, 0) is 102 Å². The molecule has 13 heteroatoms. The molecule has 1 N–H and O–H groups in total. The van der Waals surface area contributed by atoms with E-state index in [-0.39, 0.29) is 110 Å². The first-order valence-corrected chi connectivity index (χ1v) is 24.4. The van der Waals surface area contributed by atoms with Gasteiger partial charge in [0.2, 0.25) is 0 Å². The maximum atomic E-state index is 12.3. The van der Waals surface area contributed by atoms with Gasteiger partial charge in [-0.2, -0.15) is 0 Å². The first-order chi connectivity index (χ1) is 29.8. The molecule has 0 saturated carbocycles. The summed E-state index contributed by atoms with van der Waals surface area (Å²) in [4.78, 5) is 23.6. The zero-order chi connectivity index (χ0) is 42.9. The molecule has 13 nitrogen and oxygen atoms in total. The molecule has 9 fully saturated rings. The van der Waals surface area contributed by atoms with E-state index in [4.69, 9.17) is 47.4 Å². The Labute approximate surface area is 367 Å². The van der Waals surface area contributed by atoms with Crippen molar-refractivity contribution in [2.24, 2.45) is 11.8 Å². The van der Waals surface area contributed by atoms with Crippen LogP contribution in [-0.2, 0) is 57.0 Å². The summed E-state index contributed by atoms with van der Waals surface area (Å²) >= 11 is 0. The molecule has 22 atom stereocenters. The minimum atomic E-state index is -0.686. The number of fused-ring (bicyclic) bond motifs is 9. The van der Waals surface area contributed by atoms with E-state index in [0.717, 1.165) is 83.3 Å². The number of carbonyl (C=O) groups excluding carboxylic acids is 2. The second-order valence-electron chi connectivity index (χ2n) is 21.5. The van der Waals surface area contributed by atoms with Crippen LogP contribution in [0.5, 0.6) is 0 Å². The Morgan fingerprint density at radius 3 is 2.16 bits per heavy atom. The van der Waals surface area contributed by atoms with Crippen LogP contribution < -0.4 is 0 Å². The summed E-state index contributed by atoms with van der Waals surface area (Å²) in [5.41, 5.74) is -0.572. The Hall–Kier alpha value is -1.78. The molecule has 0 bridgehead atoms. The number of esters is 1. The monoisotopic (exact) mass is 868 g/mol. The molecule has 0 aromatic carbocycles. The van der Waals surface area contributed by atoms with E-state index in [1.54, 1.807) is 0 Å². The highest BCUT2D eigenvalue weighted by Gasteiger charge is 2.57. The number of aliphatic hydroxyl groups excluding tert-OH is 1. The van der Waals surface area contributed by atoms with Crippen molar-refractivity contribution in [1.29, 1.82) is 0 Å². The molecule has 10 heterocycles. The van der Waals surface area contributed by atoms with Gasteiger partial charge in [-0.15, -0.1) is 0 Å². The lowest BCUT2D eigenvalue weighted by Gasteiger charge is -2.55. The molecule has 0 aromatic heterocycles. The van der Waals surface area contributed by atoms with Gasteiger partial charge in [-0.25, -0.2) is 0 Å². The molecule has 346 valence electrons. The fourth-order valence-corrected chi connectivity index (χ4v) is 13.5. The summed E-state index contributed by atoms with van der Waals surface area (Å²) in [7, 11) is 0. The SMILES string of the molecule is C=C(C=O)C[C@@H]1C[C@H](O)[C@@H]2O[C@@H]3C[C@]4(C)O[C@@H]5CCC[C@@H]6O[C@H]7[C@H](C/C=C\C[C@H]6O[C@H]5CCC[C@H]4O[C@H]3C[C@H]2O1)O[C@@H]1C[C@@H]2O[C@@H]3CC(=O)O[C@H]3C[C@@H](C)C[C@@]2(C)O[C@H]1C[C@@H]7C. The lowest BCUT2D eigenvalue weighted by atomic mass is 9.78. The van der Waals surface area contributed by atoms with E-state index in [1.807, 2.05) is 0 Å². The maximum absolute atomic E-state index is 12.3. The molecule has 0 unspecified atom stereocenters. The summed E-state index contributed by atoms with van der Waals surface area (Å²) in [5, 5.41) is 11.2. The van der Waals surface area contributed by atoms with Gasteiger partial charge in [0.05, 0.1) is 109 Å². The molecule has 62 heavy (non-hydrogen) atoms. The number of rotatable bonds is 3. The van der Waals surface area contributed by atoms with Crippen LogP contribution in [0.1, 0.15) is 137 Å². The molecule has 10 aliphatic heterocycles. The van der Waals surface area contributed by atoms with Crippen LogP contribution in [0.15, 0.2) is 24.3 Å². The van der Waals surface area contributed by atoms with Gasteiger partial charge in [0.15, 0.2) is 0 Å². The van der Waals surface area contributed by atoms with Crippen molar-refractivity contribution in [3.8, 4) is 0 Å². The smallest absolute Gasteiger partial charge is 0.308 e. The third kappa shape index (κ3) is 8.79. The zero-order valence-corrected chi connectivity index (χ0v) is 37.4. The lowest BCUT2D eigenvalue weighted by molar-refractivity contribution is -0.320.